The molecule has 2 aromatic carbocycles. The van der Waals surface area contributed by atoms with E-state index in [4.69, 9.17) is 9.47 Å². The molecular weight excluding hydrogens is 966 g/mol. The maximum atomic E-state index is 13.5. The molecule has 6 amide bonds. The summed E-state index contributed by atoms with van der Waals surface area (Å²) in [5.74, 6) is -1.63. The van der Waals surface area contributed by atoms with Gasteiger partial charge in [0.05, 0.1) is 43.3 Å². The lowest BCUT2D eigenvalue weighted by molar-refractivity contribution is 0.0165. The number of halogens is 3. The van der Waals surface area contributed by atoms with E-state index < -0.39 is 29.1 Å². The number of alkyl halides is 1. The van der Waals surface area contributed by atoms with Gasteiger partial charge in [0.2, 0.25) is 0 Å². The summed E-state index contributed by atoms with van der Waals surface area (Å²) >= 11 is 3.26. The highest BCUT2D eigenvalue weighted by atomic mass is 79.9. The van der Waals surface area contributed by atoms with Crippen molar-refractivity contribution in [3.8, 4) is 0 Å². The summed E-state index contributed by atoms with van der Waals surface area (Å²) in [5, 5.41) is 3.40. The minimum Gasteiger partial charge on any atom is -0.465 e. The SMILES string of the molecule is CC(C)(C)OC(=O)N1CCN(C(=O)Nc2ccc(F)cc2)CC1.COC(=O)c1ccc(CBr)nc1.COC(=O)c1ccc(CN(C(=O)N2CCN(C(=O)OC(C)(C)C)CC2)c2ccc(F)cc2)nc1. The van der Waals surface area contributed by atoms with Gasteiger partial charge >= 0.3 is 36.2 Å². The highest BCUT2D eigenvalue weighted by Gasteiger charge is 2.31. The van der Waals surface area contributed by atoms with Gasteiger partial charge in [-0.3, -0.25) is 14.9 Å². The van der Waals surface area contributed by atoms with Crippen molar-refractivity contribution in [3.05, 3.63) is 119 Å². The van der Waals surface area contributed by atoms with Crippen LogP contribution >= 0.6 is 15.9 Å². The van der Waals surface area contributed by atoms with Gasteiger partial charge in [0.25, 0.3) is 0 Å². The molecule has 2 aliphatic heterocycles. The van der Waals surface area contributed by atoms with Crippen molar-refractivity contribution in [2.75, 3.05) is 76.8 Å². The average molecular weight is 1030 g/mol. The Kier molecular flexibility index (Phi) is 20.2. The molecule has 372 valence electrons. The van der Waals surface area contributed by atoms with Crippen molar-refractivity contribution >= 4 is 63.5 Å². The number of nitrogens with one attached hydrogen (secondary N) is 1. The number of carbonyl (C=O) groups excluding carboxylic acids is 6. The highest BCUT2D eigenvalue weighted by Crippen LogP contribution is 2.22. The van der Waals surface area contributed by atoms with Crippen LogP contribution in [0.3, 0.4) is 0 Å². The minimum atomic E-state index is -0.597. The van der Waals surface area contributed by atoms with Gasteiger partial charge in [-0.1, -0.05) is 15.9 Å². The van der Waals surface area contributed by atoms with Gasteiger partial charge in [0.15, 0.2) is 0 Å². The van der Waals surface area contributed by atoms with Gasteiger partial charge < -0.3 is 43.9 Å². The molecule has 6 rings (SSSR count). The number of rotatable bonds is 7. The first-order valence-corrected chi connectivity index (χ1v) is 22.9. The molecule has 0 bridgehead atoms. The van der Waals surface area contributed by atoms with Gasteiger partial charge in [0.1, 0.15) is 22.8 Å². The Morgan fingerprint density at radius 1 is 0.594 bits per heavy atom. The van der Waals surface area contributed by atoms with E-state index in [0.717, 1.165) is 5.69 Å². The summed E-state index contributed by atoms with van der Waals surface area (Å²) in [6, 6.07) is 17.3. The Morgan fingerprint density at radius 3 is 1.39 bits per heavy atom. The van der Waals surface area contributed by atoms with Crippen LogP contribution in [0.15, 0.2) is 85.2 Å². The fourth-order valence-corrected chi connectivity index (χ4v) is 6.61. The first-order chi connectivity index (χ1) is 32.6. The third kappa shape index (κ3) is 17.9. The number of pyridine rings is 2. The number of carbonyl (C=O) groups is 6. The van der Waals surface area contributed by atoms with E-state index in [1.807, 2.05) is 20.8 Å². The lowest BCUT2D eigenvalue weighted by Crippen LogP contribution is -2.54. The van der Waals surface area contributed by atoms with E-state index in [-0.39, 0.29) is 36.5 Å². The van der Waals surface area contributed by atoms with Crippen LogP contribution in [-0.2, 0) is 30.8 Å². The second-order valence-electron chi connectivity index (χ2n) is 17.4. The Morgan fingerprint density at radius 2 is 1.00 bits per heavy atom. The lowest BCUT2D eigenvalue weighted by atomic mass is 10.2. The summed E-state index contributed by atoms with van der Waals surface area (Å²) < 4.78 is 46.3. The maximum Gasteiger partial charge on any atom is 0.410 e. The third-order valence-electron chi connectivity index (χ3n) is 9.83. The molecule has 69 heavy (non-hydrogen) atoms. The molecule has 0 unspecified atom stereocenters. The third-order valence-corrected chi connectivity index (χ3v) is 10.4. The number of benzene rings is 2. The van der Waals surface area contributed by atoms with Crippen molar-refractivity contribution in [1.82, 2.24) is 29.6 Å². The fraction of sp³-hybridized carbons (Fsp3) is 0.417. The van der Waals surface area contributed by atoms with Gasteiger partial charge in [0, 0.05) is 81.5 Å². The molecule has 18 nitrogen and oxygen atoms in total. The summed E-state index contributed by atoms with van der Waals surface area (Å²) in [5.41, 5.74) is 2.10. The van der Waals surface area contributed by atoms with E-state index in [1.165, 1.54) is 80.0 Å². The normalized spacial score (nSPS) is 13.6. The van der Waals surface area contributed by atoms with Crippen LogP contribution in [0.5, 0.6) is 0 Å². The number of hydrogen-bond donors (Lipinski definition) is 1. The molecule has 21 heteroatoms. The van der Waals surface area contributed by atoms with E-state index in [2.05, 4.69) is 40.7 Å². The Labute approximate surface area is 409 Å². The number of aromatic nitrogens is 2. The first kappa shape index (κ1) is 54.7. The fourth-order valence-electron chi connectivity index (χ4n) is 6.28. The van der Waals surface area contributed by atoms with Crippen LogP contribution in [-0.4, -0.2) is 144 Å². The standard InChI is InChI=1S/C24H29FN4O5.C16H22FN3O3.C8H8BrNO2/c1-24(2,3)34-23(32)28-13-11-27(12-14-28)22(31)29(20-9-6-18(25)7-10-20)16-19-8-5-17(15-26-19)21(30)33-4;1-16(2,3)23-15(22)20-10-8-19(9-11-20)14(21)18-13-6-4-12(17)5-7-13;1-12-8(11)6-2-3-7(4-9)10-5-6/h5-10,15H,11-14,16H2,1-4H3;4-7H,8-11H2,1-3H3,(H,18,21);2-3,5H,4H2,1H3. The number of amides is 6. The molecule has 4 heterocycles. The minimum absolute atomic E-state index is 0.109. The van der Waals surface area contributed by atoms with Crippen molar-refractivity contribution in [2.45, 2.75) is 64.6 Å². The van der Waals surface area contributed by atoms with Gasteiger partial charge in [-0.15, -0.1) is 0 Å². The number of methoxy groups -OCH3 is 2. The topological polar surface area (TPSA) is 193 Å². The summed E-state index contributed by atoms with van der Waals surface area (Å²) in [6.45, 7) is 14.0. The molecule has 2 fully saturated rings. The van der Waals surface area contributed by atoms with Gasteiger partial charge in [-0.25, -0.2) is 37.5 Å². The van der Waals surface area contributed by atoms with Gasteiger partial charge in [-0.2, -0.15) is 0 Å². The molecule has 0 atom stereocenters. The number of piperazine rings is 2. The zero-order valence-electron chi connectivity index (χ0n) is 40.0. The zero-order valence-corrected chi connectivity index (χ0v) is 41.6. The Balaban J connectivity index is 0.000000254. The second-order valence-corrected chi connectivity index (χ2v) is 17.9. The average Bonchev–Trinajstić information content (AvgIpc) is 3.33. The van der Waals surface area contributed by atoms with Crippen LogP contribution in [0.25, 0.3) is 0 Å². The number of ether oxygens (including phenoxy) is 4. The van der Waals surface area contributed by atoms with E-state index >= 15 is 0 Å². The summed E-state index contributed by atoms with van der Waals surface area (Å²) in [4.78, 5) is 88.7. The van der Waals surface area contributed by atoms with E-state index in [1.54, 1.807) is 64.6 Å². The Bertz CT molecular complexity index is 2330. The number of nitrogens with zero attached hydrogens (tertiary/aromatic N) is 7. The van der Waals surface area contributed by atoms with E-state index in [9.17, 15) is 37.5 Å². The number of esters is 2. The molecule has 2 aromatic heterocycles. The van der Waals surface area contributed by atoms with Crippen molar-refractivity contribution in [2.24, 2.45) is 0 Å². The van der Waals surface area contributed by atoms with Crippen LogP contribution in [0.4, 0.5) is 39.3 Å². The predicted molar refractivity (Wildman–Crippen MR) is 256 cm³/mol. The molecule has 0 spiro atoms. The first-order valence-electron chi connectivity index (χ1n) is 21.8. The predicted octanol–water partition coefficient (Wildman–Crippen LogP) is 8.36. The molecule has 4 aromatic rings. The zero-order chi connectivity index (χ0) is 50.9. The van der Waals surface area contributed by atoms with E-state index in [0.29, 0.717) is 85.9 Å². The summed E-state index contributed by atoms with van der Waals surface area (Å²) in [7, 11) is 2.63. The summed E-state index contributed by atoms with van der Waals surface area (Å²) in [6.07, 6.45) is 2.11. The van der Waals surface area contributed by atoms with Crippen molar-refractivity contribution in [3.63, 3.8) is 0 Å². The molecule has 2 aliphatic rings. The molecule has 1 N–H and O–H groups in total. The van der Waals surface area contributed by atoms with Crippen LogP contribution in [0.1, 0.15) is 73.6 Å². The van der Waals surface area contributed by atoms with Crippen LogP contribution in [0.2, 0.25) is 0 Å². The van der Waals surface area contributed by atoms with Gasteiger partial charge in [-0.05, 0) is 114 Å². The highest BCUT2D eigenvalue weighted by molar-refractivity contribution is 9.08. The second kappa shape index (κ2) is 25.5. The van der Waals surface area contributed by atoms with Crippen molar-refractivity contribution in [1.29, 1.82) is 0 Å². The smallest absolute Gasteiger partial charge is 0.410 e. The monoisotopic (exact) mass is 1020 g/mol. The lowest BCUT2D eigenvalue weighted by Gasteiger charge is -2.38. The molecule has 2 saturated heterocycles. The van der Waals surface area contributed by atoms with Crippen LogP contribution < -0.4 is 10.2 Å². The number of anilines is 2. The molecular formula is C48H59BrF2N8O10. The van der Waals surface area contributed by atoms with Crippen molar-refractivity contribution < 1.29 is 56.5 Å². The number of urea groups is 2. The van der Waals surface area contributed by atoms with Crippen LogP contribution in [0, 0.1) is 11.6 Å². The number of hydrogen-bond acceptors (Lipinski definition) is 12. The largest absolute Gasteiger partial charge is 0.465 e. The Hall–Kier alpha value is -6.90. The quantitative estimate of drug-likeness (QED) is 0.106. The molecule has 0 saturated carbocycles. The molecule has 0 aliphatic carbocycles. The maximum absolute atomic E-state index is 13.5. The molecule has 0 radical (unpaired) electrons.